The highest BCUT2D eigenvalue weighted by atomic mass is 16.5. The van der Waals surface area contributed by atoms with Gasteiger partial charge in [-0.15, -0.1) is 0 Å². The molecule has 0 radical (unpaired) electrons. The van der Waals surface area contributed by atoms with Gasteiger partial charge in [0.05, 0.1) is 25.2 Å². The summed E-state index contributed by atoms with van der Waals surface area (Å²) < 4.78 is 10.9. The second-order valence-corrected chi connectivity index (χ2v) is 8.49. The van der Waals surface area contributed by atoms with E-state index in [1.165, 1.54) is 5.69 Å². The van der Waals surface area contributed by atoms with Crippen LogP contribution in [0.15, 0.2) is 18.2 Å². The standard InChI is InChI=1S/C23H32N2O4/c1-4-23(22(27)29-5-2)15-18-7-9-20(23)25(18)21(26)17-6-8-19(16(3)14-17)24-10-12-28-13-11-24/h6,8,14,18,20H,4-5,7,9-13,15H2,1-3H3/t18-,20+,23+/m1/s1. The highest BCUT2D eigenvalue weighted by Crippen LogP contribution is 2.53. The molecule has 29 heavy (non-hydrogen) atoms. The van der Waals surface area contributed by atoms with E-state index in [9.17, 15) is 9.59 Å². The van der Waals surface area contributed by atoms with Crippen molar-refractivity contribution >= 4 is 17.6 Å². The van der Waals surface area contributed by atoms with Crippen molar-refractivity contribution in [2.24, 2.45) is 5.41 Å². The Morgan fingerprint density at radius 3 is 2.62 bits per heavy atom. The van der Waals surface area contributed by atoms with Crippen molar-refractivity contribution in [3.8, 4) is 0 Å². The number of carbonyl (C=O) groups is 2. The number of nitrogens with zero attached hydrogens (tertiary/aromatic N) is 2. The normalized spacial score (nSPS) is 28.7. The van der Waals surface area contributed by atoms with Gasteiger partial charge in [0, 0.05) is 36.4 Å². The first-order chi connectivity index (χ1) is 14.0. The van der Waals surface area contributed by atoms with E-state index in [-0.39, 0.29) is 24.0 Å². The van der Waals surface area contributed by atoms with Crippen molar-refractivity contribution in [2.75, 3.05) is 37.8 Å². The lowest BCUT2D eigenvalue weighted by molar-refractivity contribution is -0.157. The molecule has 6 nitrogen and oxygen atoms in total. The Labute approximate surface area is 173 Å². The van der Waals surface area contributed by atoms with Crippen LogP contribution in [0.1, 0.15) is 55.5 Å². The van der Waals surface area contributed by atoms with Crippen LogP contribution in [0.2, 0.25) is 0 Å². The van der Waals surface area contributed by atoms with E-state index in [1.54, 1.807) is 0 Å². The molecule has 4 rings (SSSR count). The quantitative estimate of drug-likeness (QED) is 0.711. The molecule has 0 aliphatic carbocycles. The zero-order valence-electron chi connectivity index (χ0n) is 17.8. The second-order valence-electron chi connectivity index (χ2n) is 8.49. The van der Waals surface area contributed by atoms with E-state index in [0.717, 1.165) is 51.1 Å². The second kappa shape index (κ2) is 7.98. The minimum Gasteiger partial charge on any atom is -0.466 e. The Balaban J connectivity index is 1.57. The van der Waals surface area contributed by atoms with Gasteiger partial charge in [-0.3, -0.25) is 9.59 Å². The molecule has 3 aliphatic heterocycles. The van der Waals surface area contributed by atoms with Gasteiger partial charge in [-0.05, 0) is 63.3 Å². The number of aryl methyl sites for hydroxylation is 1. The third-order valence-corrected chi connectivity index (χ3v) is 7.08. The van der Waals surface area contributed by atoms with Crippen molar-refractivity contribution in [2.45, 2.75) is 58.5 Å². The third kappa shape index (κ3) is 3.31. The van der Waals surface area contributed by atoms with Crippen LogP contribution in [-0.4, -0.2) is 61.8 Å². The number of esters is 1. The molecule has 0 spiro atoms. The van der Waals surface area contributed by atoms with Crippen LogP contribution >= 0.6 is 0 Å². The van der Waals surface area contributed by atoms with Crippen molar-refractivity contribution in [1.82, 2.24) is 4.90 Å². The summed E-state index contributed by atoms with van der Waals surface area (Å²) in [6.45, 7) is 9.57. The van der Waals surface area contributed by atoms with Gasteiger partial charge < -0.3 is 19.3 Å². The van der Waals surface area contributed by atoms with Crippen LogP contribution < -0.4 is 4.90 Å². The van der Waals surface area contributed by atoms with Gasteiger partial charge in [0.15, 0.2) is 0 Å². The molecule has 158 valence electrons. The number of morpholine rings is 1. The average Bonchev–Trinajstić information content (AvgIpc) is 3.30. The van der Waals surface area contributed by atoms with E-state index < -0.39 is 5.41 Å². The molecule has 1 aromatic rings. The summed E-state index contributed by atoms with van der Waals surface area (Å²) in [5.74, 6) is -0.0832. The number of hydrogen-bond acceptors (Lipinski definition) is 5. The van der Waals surface area contributed by atoms with Gasteiger partial charge in [0.1, 0.15) is 0 Å². The summed E-state index contributed by atoms with van der Waals surface area (Å²) >= 11 is 0. The maximum atomic E-state index is 13.5. The van der Waals surface area contributed by atoms with E-state index in [1.807, 2.05) is 30.9 Å². The molecule has 6 heteroatoms. The molecule has 0 N–H and O–H groups in total. The first kappa shape index (κ1) is 20.2. The maximum Gasteiger partial charge on any atom is 0.314 e. The summed E-state index contributed by atoms with van der Waals surface area (Å²) in [4.78, 5) is 30.6. The number of hydrogen-bond donors (Lipinski definition) is 0. The summed E-state index contributed by atoms with van der Waals surface area (Å²) in [6.07, 6.45) is 3.30. The van der Waals surface area contributed by atoms with E-state index in [4.69, 9.17) is 9.47 Å². The summed E-state index contributed by atoms with van der Waals surface area (Å²) in [5.41, 5.74) is 2.45. The molecule has 2 bridgehead atoms. The molecular formula is C23H32N2O4. The number of rotatable bonds is 5. The van der Waals surface area contributed by atoms with Gasteiger partial charge in [-0.2, -0.15) is 0 Å². The molecule has 1 amide bonds. The smallest absolute Gasteiger partial charge is 0.314 e. The van der Waals surface area contributed by atoms with Crippen molar-refractivity contribution in [3.63, 3.8) is 0 Å². The summed E-state index contributed by atoms with van der Waals surface area (Å²) in [5, 5.41) is 0. The molecule has 3 saturated heterocycles. The fraction of sp³-hybridized carbons (Fsp3) is 0.652. The van der Waals surface area contributed by atoms with E-state index in [2.05, 4.69) is 17.9 Å². The zero-order chi connectivity index (χ0) is 20.6. The number of ether oxygens (including phenoxy) is 2. The summed E-state index contributed by atoms with van der Waals surface area (Å²) in [7, 11) is 0. The lowest BCUT2D eigenvalue weighted by Crippen LogP contribution is -2.45. The number of benzene rings is 1. The zero-order valence-corrected chi connectivity index (χ0v) is 17.8. The Hall–Kier alpha value is -2.08. The molecule has 3 aliphatic rings. The first-order valence-electron chi connectivity index (χ1n) is 10.9. The SMILES string of the molecule is CCOC(=O)[C@@]1(CC)C[C@H]2CC[C@@H]1N2C(=O)c1ccc(N2CCOCC2)c(C)c1. The van der Waals surface area contributed by atoms with Crippen molar-refractivity contribution < 1.29 is 19.1 Å². The molecule has 3 fully saturated rings. The minimum absolute atomic E-state index is 0.0498. The van der Waals surface area contributed by atoms with Crippen LogP contribution in [0, 0.1) is 12.3 Å². The minimum atomic E-state index is -0.544. The molecule has 0 aromatic heterocycles. The number of fused-ring (bicyclic) bond motifs is 2. The fourth-order valence-corrected chi connectivity index (χ4v) is 5.60. The van der Waals surface area contributed by atoms with Crippen molar-refractivity contribution in [1.29, 1.82) is 0 Å². The molecular weight excluding hydrogens is 368 g/mol. The van der Waals surface area contributed by atoms with E-state index >= 15 is 0 Å². The van der Waals surface area contributed by atoms with Gasteiger partial charge in [-0.1, -0.05) is 6.92 Å². The predicted octanol–water partition coefficient (Wildman–Crippen LogP) is 3.17. The lowest BCUT2D eigenvalue weighted by atomic mass is 9.72. The predicted molar refractivity (Wildman–Crippen MR) is 111 cm³/mol. The molecule has 3 heterocycles. The van der Waals surface area contributed by atoms with Gasteiger partial charge in [0.2, 0.25) is 0 Å². The molecule has 0 unspecified atom stereocenters. The monoisotopic (exact) mass is 400 g/mol. The maximum absolute atomic E-state index is 13.5. The van der Waals surface area contributed by atoms with Crippen molar-refractivity contribution in [3.05, 3.63) is 29.3 Å². The van der Waals surface area contributed by atoms with Crippen LogP contribution in [0.4, 0.5) is 5.69 Å². The highest BCUT2D eigenvalue weighted by molar-refractivity contribution is 5.97. The highest BCUT2D eigenvalue weighted by Gasteiger charge is 2.61. The topological polar surface area (TPSA) is 59.1 Å². The van der Waals surface area contributed by atoms with Crippen LogP contribution in [0.3, 0.4) is 0 Å². The average molecular weight is 401 g/mol. The lowest BCUT2D eigenvalue weighted by Gasteiger charge is -2.34. The fourth-order valence-electron chi connectivity index (χ4n) is 5.60. The van der Waals surface area contributed by atoms with E-state index in [0.29, 0.717) is 18.6 Å². The number of carbonyl (C=O) groups excluding carboxylic acids is 2. The Kier molecular flexibility index (Phi) is 5.56. The first-order valence-corrected chi connectivity index (χ1v) is 10.9. The molecule has 0 saturated carbocycles. The molecule has 1 aromatic carbocycles. The number of anilines is 1. The van der Waals surface area contributed by atoms with Crippen LogP contribution in [0.5, 0.6) is 0 Å². The number of amides is 1. The van der Waals surface area contributed by atoms with Crippen LogP contribution in [0.25, 0.3) is 0 Å². The Bertz CT molecular complexity index is 789. The Morgan fingerprint density at radius 2 is 1.97 bits per heavy atom. The van der Waals surface area contributed by atoms with Gasteiger partial charge in [-0.25, -0.2) is 0 Å². The summed E-state index contributed by atoms with van der Waals surface area (Å²) in [6, 6.07) is 6.09. The van der Waals surface area contributed by atoms with Crippen LogP contribution in [-0.2, 0) is 14.3 Å². The molecule has 3 atom stereocenters. The van der Waals surface area contributed by atoms with Gasteiger partial charge in [0.25, 0.3) is 5.91 Å². The Morgan fingerprint density at radius 1 is 1.21 bits per heavy atom. The largest absolute Gasteiger partial charge is 0.466 e. The van der Waals surface area contributed by atoms with Gasteiger partial charge >= 0.3 is 5.97 Å². The third-order valence-electron chi connectivity index (χ3n) is 7.08.